The molecule has 1 aliphatic heterocycles. The van der Waals surface area contributed by atoms with Crippen LogP contribution < -0.4 is 0 Å². The zero-order valence-corrected chi connectivity index (χ0v) is 9.26. The van der Waals surface area contributed by atoms with Crippen LogP contribution in [0.4, 0.5) is 4.79 Å². The predicted molar refractivity (Wildman–Crippen MR) is 59.0 cm³/mol. The molecule has 1 N–H and O–H groups in total. The minimum atomic E-state index is -0.825. The molecule has 0 unspecified atom stereocenters. The van der Waals surface area contributed by atoms with E-state index in [0.29, 0.717) is 25.1 Å². The van der Waals surface area contributed by atoms with Crippen molar-refractivity contribution in [1.82, 2.24) is 4.90 Å². The number of likely N-dealkylation sites (tertiary alicyclic amines) is 1. The van der Waals surface area contributed by atoms with E-state index in [0.717, 1.165) is 25.7 Å². The third-order valence-electron chi connectivity index (χ3n) is 3.43. The van der Waals surface area contributed by atoms with Gasteiger partial charge in [-0.25, -0.2) is 4.79 Å². The maximum atomic E-state index is 10.7. The first-order valence-corrected chi connectivity index (χ1v) is 5.78. The number of hydrogen-bond donors (Lipinski definition) is 1. The Morgan fingerprint density at radius 2 is 1.94 bits per heavy atom. The second-order valence-corrected chi connectivity index (χ2v) is 4.56. The van der Waals surface area contributed by atoms with Crippen molar-refractivity contribution in [2.75, 3.05) is 13.1 Å². The molecule has 0 aromatic carbocycles. The van der Waals surface area contributed by atoms with E-state index in [1.54, 1.807) is 0 Å². The predicted octanol–water partition coefficient (Wildman–Crippen LogP) is 1.56. The van der Waals surface area contributed by atoms with E-state index < -0.39 is 6.09 Å². The lowest BCUT2D eigenvalue weighted by molar-refractivity contribution is -0.0824. The quantitative estimate of drug-likeness (QED) is 0.723. The smallest absolute Gasteiger partial charge is 0.407 e. The van der Waals surface area contributed by atoms with Gasteiger partial charge in [0.25, 0.3) is 0 Å². The lowest BCUT2D eigenvalue weighted by Crippen LogP contribution is -2.43. The van der Waals surface area contributed by atoms with Gasteiger partial charge in [-0.15, -0.1) is 12.3 Å². The molecule has 4 nitrogen and oxygen atoms in total. The molecule has 0 bridgehead atoms. The van der Waals surface area contributed by atoms with Crippen molar-refractivity contribution in [2.24, 2.45) is 5.92 Å². The van der Waals surface area contributed by atoms with Crippen molar-refractivity contribution >= 4 is 6.09 Å². The molecular weight excluding hydrogens is 206 g/mol. The Kier molecular flexibility index (Phi) is 3.35. The molecule has 0 aromatic heterocycles. The van der Waals surface area contributed by atoms with E-state index in [9.17, 15) is 4.79 Å². The van der Waals surface area contributed by atoms with Crippen molar-refractivity contribution in [3.8, 4) is 12.3 Å². The third kappa shape index (κ3) is 2.48. The third-order valence-corrected chi connectivity index (χ3v) is 3.43. The average Bonchev–Trinajstić information content (AvgIpc) is 2.23. The van der Waals surface area contributed by atoms with Gasteiger partial charge in [-0.3, -0.25) is 0 Å². The molecule has 1 saturated heterocycles. The zero-order valence-electron chi connectivity index (χ0n) is 9.26. The van der Waals surface area contributed by atoms with E-state index in [1.165, 1.54) is 4.90 Å². The van der Waals surface area contributed by atoms with Crippen molar-refractivity contribution in [3.63, 3.8) is 0 Å². The van der Waals surface area contributed by atoms with Crippen molar-refractivity contribution in [1.29, 1.82) is 0 Å². The summed E-state index contributed by atoms with van der Waals surface area (Å²) in [4.78, 5) is 12.1. The first-order valence-electron chi connectivity index (χ1n) is 5.78. The molecule has 0 radical (unpaired) electrons. The molecule has 0 aromatic rings. The maximum absolute atomic E-state index is 10.7. The summed E-state index contributed by atoms with van der Waals surface area (Å²) >= 11 is 0. The number of hydrogen-bond acceptors (Lipinski definition) is 2. The number of nitrogens with zero attached hydrogens (tertiary/aromatic N) is 1. The molecule has 1 heterocycles. The molecule has 4 heteroatoms. The molecule has 2 rings (SSSR count). The van der Waals surface area contributed by atoms with Gasteiger partial charge in [0.05, 0.1) is 12.2 Å². The molecule has 0 spiro atoms. The summed E-state index contributed by atoms with van der Waals surface area (Å²) in [5, 5.41) is 8.79. The fourth-order valence-electron chi connectivity index (χ4n) is 2.27. The summed E-state index contributed by atoms with van der Waals surface area (Å²) in [6.07, 6.45) is 8.56. The van der Waals surface area contributed by atoms with Crippen LogP contribution in [0.3, 0.4) is 0 Å². The molecule has 2 fully saturated rings. The highest BCUT2D eigenvalue weighted by Gasteiger charge is 2.32. The Bertz CT molecular complexity index is 296. The van der Waals surface area contributed by atoms with Crippen LogP contribution in [0.1, 0.15) is 25.7 Å². The van der Waals surface area contributed by atoms with E-state index in [4.69, 9.17) is 16.3 Å². The summed E-state index contributed by atoms with van der Waals surface area (Å²) in [5.41, 5.74) is 0. The molecule has 88 valence electrons. The lowest BCUT2D eigenvalue weighted by Gasteiger charge is -2.37. The van der Waals surface area contributed by atoms with Gasteiger partial charge in [-0.1, -0.05) is 0 Å². The van der Waals surface area contributed by atoms with E-state index in [1.807, 2.05) is 0 Å². The van der Waals surface area contributed by atoms with Crippen molar-refractivity contribution < 1.29 is 14.6 Å². The minimum absolute atomic E-state index is 0.222. The number of piperidine rings is 1. The molecule has 0 atom stereocenters. The van der Waals surface area contributed by atoms with Crippen LogP contribution in [-0.4, -0.2) is 41.4 Å². The first-order chi connectivity index (χ1) is 7.69. The summed E-state index contributed by atoms with van der Waals surface area (Å²) in [6.45, 7) is 1.18. The fourth-order valence-corrected chi connectivity index (χ4v) is 2.27. The molecule has 1 amide bonds. The van der Waals surface area contributed by atoms with Gasteiger partial charge in [0.15, 0.2) is 0 Å². The number of carbonyl (C=O) groups is 1. The average molecular weight is 223 g/mol. The highest BCUT2D eigenvalue weighted by atomic mass is 16.5. The number of rotatable bonds is 2. The van der Waals surface area contributed by atoms with Crippen molar-refractivity contribution in [3.05, 3.63) is 0 Å². The van der Waals surface area contributed by atoms with Gasteiger partial charge in [-0.05, 0) is 25.7 Å². The normalized spacial score (nSPS) is 30.6. The highest BCUT2D eigenvalue weighted by molar-refractivity contribution is 5.64. The molecule has 1 aliphatic carbocycles. The first kappa shape index (κ1) is 11.3. The van der Waals surface area contributed by atoms with Crippen LogP contribution >= 0.6 is 0 Å². The monoisotopic (exact) mass is 223 g/mol. The van der Waals surface area contributed by atoms with Gasteiger partial charge in [-0.2, -0.15) is 0 Å². The van der Waals surface area contributed by atoms with E-state index in [2.05, 4.69) is 5.92 Å². The molecule has 16 heavy (non-hydrogen) atoms. The van der Waals surface area contributed by atoms with Gasteiger partial charge in [0.2, 0.25) is 0 Å². The summed E-state index contributed by atoms with van der Waals surface area (Å²) in [7, 11) is 0. The van der Waals surface area contributed by atoms with Crippen LogP contribution in [-0.2, 0) is 4.74 Å². The van der Waals surface area contributed by atoms with E-state index in [-0.39, 0.29) is 6.10 Å². The Labute approximate surface area is 95.6 Å². The topological polar surface area (TPSA) is 49.8 Å². The van der Waals surface area contributed by atoms with Crippen LogP contribution in [0, 0.1) is 18.3 Å². The van der Waals surface area contributed by atoms with E-state index >= 15 is 0 Å². The highest BCUT2D eigenvalue weighted by Crippen LogP contribution is 2.31. The SMILES string of the molecule is C#C[C@H]1C[C@H](OC2CCN(C(=O)O)CC2)C1. The maximum Gasteiger partial charge on any atom is 0.407 e. The Balaban J connectivity index is 1.67. The second kappa shape index (κ2) is 4.75. The minimum Gasteiger partial charge on any atom is -0.465 e. The van der Waals surface area contributed by atoms with Gasteiger partial charge in [0, 0.05) is 19.0 Å². The second-order valence-electron chi connectivity index (χ2n) is 4.56. The van der Waals surface area contributed by atoms with Gasteiger partial charge < -0.3 is 14.7 Å². The largest absolute Gasteiger partial charge is 0.465 e. The van der Waals surface area contributed by atoms with Gasteiger partial charge >= 0.3 is 6.09 Å². The van der Waals surface area contributed by atoms with Crippen LogP contribution in [0.5, 0.6) is 0 Å². The summed E-state index contributed by atoms with van der Waals surface area (Å²) < 4.78 is 5.87. The summed E-state index contributed by atoms with van der Waals surface area (Å²) in [5.74, 6) is 3.12. The molecule has 2 aliphatic rings. The van der Waals surface area contributed by atoms with Gasteiger partial charge in [0.1, 0.15) is 0 Å². The van der Waals surface area contributed by atoms with Crippen molar-refractivity contribution in [2.45, 2.75) is 37.9 Å². The number of amides is 1. The molecule has 1 saturated carbocycles. The van der Waals surface area contributed by atoms with Crippen LogP contribution in [0.15, 0.2) is 0 Å². The fraction of sp³-hybridized carbons (Fsp3) is 0.750. The zero-order chi connectivity index (χ0) is 11.5. The Hall–Kier alpha value is -1.21. The number of carboxylic acid groups (broad SMARTS) is 1. The lowest BCUT2D eigenvalue weighted by atomic mass is 9.83. The number of ether oxygens (including phenoxy) is 1. The molecular formula is C12H17NO3. The number of terminal acetylenes is 1. The van der Waals surface area contributed by atoms with Crippen LogP contribution in [0.25, 0.3) is 0 Å². The standard InChI is InChI=1S/C12H17NO3/c1-2-9-7-11(8-9)16-10-3-5-13(6-4-10)12(14)15/h1,9-11H,3-8H2,(H,14,15)/t9-,11-. The Morgan fingerprint density at radius 3 is 2.44 bits per heavy atom. The summed E-state index contributed by atoms with van der Waals surface area (Å²) in [6, 6.07) is 0. The Morgan fingerprint density at radius 1 is 1.31 bits per heavy atom. The van der Waals surface area contributed by atoms with Crippen LogP contribution in [0.2, 0.25) is 0 Å².